The van der Waals surface area contributed by atoms with Crippen molar-refractivity contribution < 1.29 is 19.2 Å². The molecular formula is C42H41BrN6O5. The lowest BCUT2D eigenvalue weighted by Crippen LogP contribution is -2.54. The van der Waals surface area contributed by atoms with Crippen molar-refractivity contribution in [3.05, 3.63) is 97.5 Å². The van der Waals surface area contributed by atoms with Gasteiger partial charge in [0.1, 0.15) is 11.9 Å². The van der Waals surface area contributed by atoms with Gasteiger partial charge in [0.2, 0.25) is 11.8 Å². The maximum atomic E-state index is 13.6. The molecule has 3 aromatic carbocycles. The van der Waals surface area contributed by atoms with Gasteiger partial charge in [0, 0.05) is 36.4 Å². The van der Waals surface area contributed by atoms with Gasteiger partial charge in [0.25, 0.3) is 17.4 Å². The van der Waals surface area contributed by atoms with Crippen LogP contribution in [0.4, 0.5) is 5.69 Å². The highest BCUT2D eigenvalue weighted by atomic mass is 79.9. The van der Waals surface area contributed by atoms with Crippen molar-refractivity contribution in [1.82, 2.24) is 24.7 Å². The molecule has 1 aromatic heterocycles. The van der Waals surface area contributed by atoms with Crippen molar-refractivity contribution in [2.75, 3.05) is 37.6 Å². The van der Waals surface area contributed by atoms with E-state index in [-0.39, 0.29) is 29.7 Å². The van der Waals surface area contributed by atoms with Crippen LogP contribution in [0.1, 0.15) is 101 Å². The van der Waals surface area contributed by atoms with Crippen molar-refractivity contribution in [2.45, 2.75) is 75.2 Å². The van der Waals surface area contributed by atoms with Crippen molar-refractivity contribution in [3.8, 4) is 5.69 Å². The topological polar surface area (TPSA) is 125 Å². The van der Waals surface area contributed by atoms with Crippen molar-refractivity contribution in [1.29, 1.82) is 0 Å². The molecule has 1 atom stereocenters. The highest BCUT2D eigenvalue weighted by Gasteiger charge is 2.48. The second-order valence-electron chi connectivity index (χ2n) is 16.1. The summed E-state index contributed by atoms with van der Waals surface area (Å²) in [5.74, 6) is -0.100. The van der Waals surface area contributed by atoms with E-state index in [1.165, 1.54) is 23.2 Å². The van der Waals surface area contributed by atoms with E-state index in [0.717, 1.165) is 97.6 Å². The van der Waals surface area contributed by atoms with Crippen LogP contribution in [0.25, 0.3) is 16.6 Å². The predicted octanol–water partition coefficient (Wildman–Crippen LogP) is 5.43. The molecule has 1 aliphatic carbocycles. The third-order valence-electron chi connectivity index (χ3n) is 13.1. The molecule has 6 heterocycles. The number of imide groups is 2. The van der Waals surface area contributed by atoms with Gasteiger partial charge >= 0.3 is 0 Å². The van der Waals surface area contributed by atoms with Crippen LogP contribution in [-0.2, 0) is 15.0 Å². The van der Waals surface area contributed by atoms with Crippen molar-refractivity contribution in [3.63, 3.8) is 0 Å². The van der Waals surface area contributed by atoms with E-state index in [0.29, 0.717) is 28.3 Å². The minimum Gasteiger partial charge on any atom is -0.370 e. The normalized spacial score (nSPS) is 22.8. The molecule has 1 unspecified atom stereocenters. The van der Waals surface area contributed by atoms with Gasteiger partial charge in [-0.1, -0.05) is 43.5 Å². The average molecular weight is 790 g/mol. The van der Waals surface area contributed by atoms with E-state index in [9.17, 15) is 24.0 Å². The quantitative estimate of drug-likeness (QED) is 0.266. The second kappa shape index (κ2) is 12.7. The molecule has 6 aliphatic rings. The van der Waals surface area contributed by atoms with Gasteiger partial charge < -0.3 is 9.80 Å². The molecule has 1 spiro atoms. The summed E-state index contributed by atoms with van der Waals surface area (Å²) in [6.07, 6.45) is 7.91. The minimum absolute atomic E-state index is 0.0981. The number of carbonyl (C=O) groups excluding carboxylic acids is 4. The molecule has 4 aromatic rings. The van der Waals surface area contributed by atoms with Gasteiger partial charge in [-0.2, -0.15) is 4.98 Å². The maximum absolute atomic E-state index is 13.6. The Balaban J connectivity index is 0.824. The van der Waals surface area contributed by atoms with Crippen LogP contribution in [0.5, 0.6) is 0 Å². The Kier molecular flexibility index (Phi) is 7.96. The van der Waals surface area contributed by atoms with Gasteiger partial charge in [0.05, 0.1) is 38.8 Å². The third-order valence-corrected chi connectivity index (χ3v) is 13.8. The highest BCUT2D eigenvalue weighted by molar-refractivity contribution is 9.10. The van der Waals surface area contributed by atoms with Crippen LogP contribution in [0.2, 0.25) is 0 Å². The molecule has 5 aliphatic heterocycles. The molecule has 12 heteroatoms. The number of carbonyl (C=O) groups is 4. The summed E-state index contributed by atoms with van der Waals surface area (Å²) >= 11 is 3.63. The Bertz CT molecular complexity index is 2350. The molecule has 4 fully saturated rings. The Labute approximate surface area is 320 Å². The standard InChI is InChI=1S/C42H41BrN6O5/c43-29-7-5-9-31-36(29)38(52)45-41-42(16-2-1-3-17-42)28-11-10-26(20-33(28)48(31)41)25-14-18-46(19-15-25)21-24-22-47(23-24)30-8-4-6-27-35(30)40(54)49(39(27)53)32-12-13-34(50)44-37(32)51/h4-11,20,24-25,32H,1-3,12-19,21-23H2,(H,44,50,51). The van der Waals surface area contributed by atoms with E-state index in [1.807, 2.05) is 18.2 Å². The smallest absolute Gasteiger partial charge is 0.281 e. The number of hydrogen-bond acceptors (Lipinski definition) is 8. The monoisotopic (exact) mass is 788 g/mol. The lowest BCUT2D eigenvalue weighted by atomic mass is 9.69. The molecule has 0 radical (unpaired) electrons. The fourth-order valence-electron chi connectivity index (χ4n) is 10.4. The Morgan fingerprint density at radius 3 is 2.41 bits per heavy atom. The molecule has 0 bridgehead atoms. The Hall–Kier alpha value is -4.68. The summed E-state index contributed by atoms with van der Waals surface area (Å²) in [4.78, 5) is 75.2. The lowest BCUT2D eigenvalue weighted by Gasteiger charge is -2.45. The number of rotatable bonds is 5. The average Bonchev–Trinajstić information content (AvgIpc) is 3.56. The molecule has 1 saturated carbocycles. The number of anilines is 1. The first-order valence-electron chi connectivity index (χ1n) is 19.4. The van der Waals surface area contributed by atoms with E-state index < -0.39 is 23.8 Å². The van der Waals surface area contributed by atoms with Gasteiger partial charge in [0.15, 0.2) is 0 Å². The summed E-state index contributed by atoms with van der Waals surface area (Å²) in [6, 6.07) is 17.4. The number of nitrogens with zero attached hydrogens (tertiary/aromatic N) is 5. The van der Waals surface area contributed by atoms with Crippen molar-refractivity contribution >= 4 is 56.1 Å². The molecular weight excluding hydrogens is 748 g/mol. The zero-order valence-corrected chi connectivity index (χ0v) is 31.6. The van der Waals surface area contributed by atoms with Gasteiger partial charge in [-0.15, -0.1) is 0 Å². The van der Waals surface area contributed by atoms with Crippen LogP contribution in [0.3, 0.4) is 0 Å². The number of aromatic nitrogens is 2. The lowest BCUT2D eigenvalue weighted by molar-refractivity contribution is -0.136. The molecule has 11 nitrogen and oxygen atoms in total. The number of benzene rings is 3. The Morgan fingerprint density at radius 1 is 0.852 bits per heavy atom. The van der Waals surface area contributed by atoms with Crippen LogP contribution >= 0.6 is 15.9 Å². The van der Waals surface area contributed by atoms with E-state index in [2.05, 4.69) is 59.9 Å². The number of fused-ring (bicyclic) bond motifs is 8. The molecule has 3 saturated heterocycles. The molecule has 276 valence electrons. The first-order valence-corrected chi connectivity index (χ1v) is 20.2. The van der Waals surface area contributed by atoms with Crippen LogP contribution in [0, 0.1) is 5.92 Å². The Morgan fingerprint density at radius 2 is 1.63 bits per heavy atom. The van der Waals surface area contributed by atoms with Crippen molar-refractivity contribution in [2.24, 2.45) is 5.92 Å². The maximum Gasteiger partial charge on any atom is 0.281 e. The molecule has 10 rings (SSSR count). The van der Waals surface area contributed by atoms with Gasteiger partial charge in [-0.3, -0.25) is 38.8 Å². The molecule has 54 heavy (non-hydrogen) atoms. The number of likely N-dealkylation sites (tertiary alicyclic amines) is 1. The van der Waals surface area contributed by atoms with E-state index in [1.54, 1.807) is 12.1 Å². The number of hydrogen-bond donors (Lipinski definition) is 1. The largest absolute Gasteiger partial charge is 0.370 e. The summed E-state index contributed by atoms with van der Waals surface area (Å²) in [7, 11) is 0. The number of halogens is 1. The highest BCUT2D eigenvalue weighted by Crippen LogP contribution is 2.52. The van der Waals surface area contributed by atoms with Crippen LogP contribution in [-0.4, -0.2) is 81.7 Å². The summed E-state index contributed by atoms with van der Waals surface area (Å²) in [6.45, 7) is 4.59. The molecule has 1 N–H and O–H groups in total. The SMILES string of the molecule is O=C1CCC(N2C(=O)c3cccc(N4CC(CN5CCC(c6ccc7c(c6)-n6c(nc(=O)c8c(Br)cccc86)C76CCCCC6)CC5)C4)c3C2=O)C(=O)N1. The number of amides is 4. The minimum atomic E-state index is -0.971. The van der Waals surface area contributed by atoms with Crippen LogP contribution < -0.4 is 15.8 Å². The van der Waals surface area contributed by atoms with E-state index in [4.69, 9.17) is 4.98 Å². The first-order chi connectivity index (χ1) is 26.2. The first kappa shape index (κ1) is 33.9. The van der Waals surface area contributed by atoms with Gasteiger partial charge in [-0.25, -0.2) is 0 Å². The summed E-state index contributed by atoms with van der Waals surface area (Å²) in [5, 5.41) is 2.91. The van der Waals surface area contributed by atoms with E-state index >= 15 is 0 Å². The molecule has 4 amide bonds. The zero-order chi connectivity index (χ0) is 36.9. The van der Waals surface area contributed by atoms with Crippen LogP contribution in [0.15, 0.2) is 63.9 Å². The summed E-state index contributed by atoms with van der Waals surface area (Å²) < 4.78 is 3.07. The number of nitrogens with one attached hydrogen (secondary N) is 1. The second-order valence-corrected chi connectivity index (χ2v) is 17.0. The number of piperidine rings is 2. The fraction of sp³-hybridized carbons (Fsp3) is 0.429. The summed E-state index contributed by atoms with van der Waals surface area (Å²) in [5.41, 5.74) is 5.83. The third kappa shape index (κ3) is 5.08. The fourth-order valence-corrected chi connectivity index (χ4v) is 10.9. The van der Waals surface area contributed by atoms with Gasteiger partial charge in [-0.05, 0) is 109 Å². The zero-order valence-electron chi connectivity index (χ0n) is 30.0. The predicted molar refractivity (Wildman–Crippen MR) is 206 cm³/mol.